The van der Waals surface area contributed by atoms with E-state index in [0.717, 1.165) is 0 Å². The van der Waals surface area contributed by atoms with E-state index in [4.69, 9.17) is 14.2 Å². The lowest BCUT2D eigenvalue weighted by Gasteiger charge is -2.53. The van der Waals surface area contributed by atoms with Gasteiger partial charge in [0.1, 0.15) is 30.5 Å². The average Bonchev–Trinajstić information content (AvgIpc) is 2.61. The van der Waals surface area contributed by atoms with Crippen molar-refractivity contribution < 1.29 is 50.0 Å². The van der Waals surface area contributed by atoms with E-state index in [-0.39, 0.29) is 6.61 Å². The summed E-state index contributed by atoms with van der Waals surface area (Å²) >= 11 is 0. The van der Waals surface area contributed by atoms with Gasteiger partial charge in [0, 0.05) is 5.41 Å². The Morgan fingerprint density at radius 3 is 2.00 bits per heavy atom. The van der Waals surface area contributed by atoms with E-state index in [1.807, 2.05) is 0 Å². The third-order valence-corrected chi connectivity index (χ3v) is 5.44. The van der Waals surface area contributed by atoms with Crippen LogP contribution in [0, 0.1) is 5.41 Å². The summed E-state index contributed by atoms with van der Waals surface area (Å²) in [5.74, 6) is 0. The molecule has 0 spiro atoms. The number of hydrogen-bond acceptors (Lipinski definition) is 10. The lowest BCUT2D eigenvalue weighted by atomic mass is 9.71. The van der Waals surface area contributed by atoms with Crippen LogP contribution in [0.15, 0.2) is 0 Å². The molecule has 2 aliphatic heterocycles. The molecular formula is C16H30O10. The summed E-state index contributed by atoms with van der Waals surface area (Å²) in [6.45, 7) is 3.38. The van der Waals surface area contributed by atoms with Crippen molar-refractivity contribution in [3.8, 4) is 0 Å². The second-order valence-corrected chi connectivity index (χ2v) is 7.80. The minimum absolute atomic E-state index is 0.296. The molecule has 7 N–H and O–H groups in total. The van der Waals surface area contributed by atoms with Crippen molar-refractivity contribution >= 4 is 0 Å². The number of hydrogen-bond donors (Lipinski definition) is 7. The Morgan fingerprint density at radius 1 is 0.846 bits per heavy atom. The normalized spacial score (nSPS) is 49.2. The molecule has 2 fully saturated rings. The summed E-state index contributed by atoms with van der Waals surface area (Å²) in [6.07, 6.45) is -10.7. The SMILES string of the molecule is CC1(C)OC(CO)C(C)(COC2OC(CO)C(O)C(O)C2O)C(O)C1O. The fraction of sp³-hybridized carbons (Fsp3) is 1.00. The van der Waals surface area contributed by atoms with Gasteiger partial charge in [-0.3, -0.25) is 0 Å². The van der Waals surface area contributed by atoms with Crippen LogP contribution in [0.25, 0.3) is 0 Å². The first-order valence-electron chi connectivity index (χ1n) is 8.56. The highest BCUT2D eigenvalue weighted by Gasteiger charge is 2.56. The molecule has 2 rings (SSSR count). The fourth-order valence-corrected chi connectivity index (χ4v) is 3.39. The predicted molar refractivity (Wildman–Crippen MR) is 85.9 cm³/mol. The summed E-state index contributed by atoms with van der Waals surface area (Å²) in [6, 6.07) is 0. The maximum atomic E-state index is 10.6. The first-order chi connectivity index (χ1) is 12.0. The van der Waals surface area contributed by atoms with Gasteiger partial charge in [-0.25, -0.2) is 0 Å². The van der Waals surface area contributed by atoms with E-state index in [1.54, 1.807) is 20.8 Å². The third kappa shape index (κ3) is 3.76. The standard InChI is InChI=1S/C16H30O10/c1-15(2)12(22)13(23)16(3,8(5-18)26-15)6-24-14-11(21)10(20)9(19)7(4-17)25-14/h7-14,17-23H,4-6H2,1-3H3. The predicted octanol–water partition coefficient (Wildman–Crippen LogP) is -3.30. The Bertz CT molecular complexity index is 468. The van der Waals surface area contributed by atoms with Crippen LogP contribution in [0.4, 0.5) is 0 Å². The van der Waals surface area contributed by atoms with E-state index in [0.29, 0.717) is 0 Å². The molecule has 0 aromatic carbocycles. The highest BCUT2D eigenvalue weighted by atomic mass is 16.7. The Hall–Kier alpha value is -0.400. The molecule has 0 amide bonds. The molecule has 2 heterocycles. The van der Waals surface area contributed by atoms with Crippen molar-refractivity contribution in [2.75, 3.05) is 19.8 Å². The number of aliphatic hydroxyl groups excluding tert-OH is 7. The van der Waals surface area contributed by atoms with Crippen LogP contribution in [0.2, 0.25) is 0 Å². The monoisotopic (exact) mass is 382 g/mol. The Labute approximate surface area is 151 Å². The molecule has 0 aliphatic carbocycles. The van der Waals surface area contributed by atoms with Crippen LogP contribution in [0.1, 0.15) is 20.8 Å². The maximum Gasteiger partial charge on any atom is 0.186 e. The molecule has 2 aliphatic rings. The summed E-state index contributed by atoms with van der Waals surface area (Å²) in [5.41, 5.74) is -2.34. The highest BCUT2D eigenvalue weighted by molar-refractivity contribution is 5.04. The van der Waals surface area contributed by atoms with Crippen molar-refractivity contribution in [3.05, 3.63) is 0 Å². The molecule has 26 heavy (non-hydrogen) atoms. The van der Waals surface area contributed by atoms with Crippen LogP contribution in [0.5, 0.6) is 0 Å². The van der Waals surface area contributed by atoms with Gasteiger partial charge in [0.15, 0.2) is 6.29 Å². The van der Waals surface area contributed by atoms with Crippen LogP contribution < -0.4 is 0 Å². The van der Waals surface area contributed by atoms with Crippen LogP contribution in [-0.2, 0) is 14.2 Å². The summed E-state index contributed by atoms with van der Waals surface area (Å²) < 4.78 is 16.4. The third-order valence-electron chi connectivity index (χ3n) is 5.44. The number of rotatable bonds is 5. The van der Waals surface area contributed by atoms with Gasteiger partial charge in [0.2, 0.25) is 0 Å². The van der Waals surface area contributed by atoms with Gasteiger partial charge < -0.3 is 50.0 Å². The quantitative estimate of drug-likeness (QED) is 0.256. The molecule has 0 aromatic rings. The van der Waals surface area contributed by atoms with Gasteiger partial charge in [0.05, 0.1) is 37.6 Å². The topological polar surface area (TPSA) is 169 Å². The first-order valence-corrected chi connectivity index (χ1v) is 8.56. The molecule has 154 valence electrons. The van der Waals surface area contributed by atoms with Gasteiger partial charge in [-0.1, -0.05) is 6.92 Å². The Balaban J connectivity index is 2.13. The average molecular weight is 382 g/mol. The van der Waals surface area contributed by atoms with Crippen LogP contribution in [0.3, 0.4) is 0 Å². The van der Waals surface area contributed by atoms with Crippen molar-refractivity contribution in [3.63, 3.8) is 0 Å². The van der Waals surface area contributed by atoms with Gasteiger partial charge in [-0.05, 0) is 13.8 Å². The smallest absolute Gasteiger partial charge is 0.186 e. The van der Waals surface area contributed by atoms with Crippen molar-refractivity contribution in [1.29, 1.82) is 0 Å². The number of aliphatic hydroxyl groups is 7. The molecule has 0 bridgehead atoms. The molecule has 0 aromatic heterocycles. The van der Waals surface area contributed by atoms with E-state index in [1.165, 1.54) is 0 Å². The van der Waals surface area contributed by atoms with E-state index >= 15 is 0 Å². The van der Waals surface area contributed by atoms with Crippen LogP contribution in [-0.4, -0.2) is 110 Å². The molecule has 10 heteroatoms. The summed E-state index contributed by atoms with van der Waals surface area (Å²) in [7, 11) is 0. The van der Waals surface area contributed by atoms with Crippen LogP contribution >= 0.6 is 0 Å². The zero-order valence-corrected chi connectivity index (χ0v) is 15.1. The second kappa shape index (κ2) is 7.92. The summed E-state index contributed by atoms with van der Waals surface area (Å²) in [4.78, 5) is 0. The second-order valence-electron chi connectivity index (χ2n) is 7.80. The molecule has 2 saturated heterocycles. The van der Waals surface area contributed by atoms with E-state index in [9.17, 15) is 35.7 Å². The van der Waals surface area contributed by atoms with Gasteiger partial charge in [-0.15, -0.1) is 0 Å². The Kier molecular flexibility index (Phi) is 6.67. The first kappa shape index (κ1) is 21.9. The molecule has 10 nitrogen and oxygen atoms in total. The molecule has 9 atom stereocenters. The largest absolute Gasteiger partial charge is 0.394 e. The van der Waals surface area contributed by atoms with E-state index < -0.39 is 73.2 Å². The lowest BCUT2D eigenvalue weighted by molar-refractivity contribution is -0.328. The van der Waals surface area contributed by atoms with Gasteiger partial charge >= 0.3 is 0 Å². The van der Waals surface area contributed by atoms with Gasteiger partial charge in [-0.2, -0.15) is 0 Å². The zero-order chi connectivity index (χ0) is 19.9. The molecular weight excluding hydrogens is 352 g/mol. The molecule has 9 unspecified atom stereocenters. The maximum absolute atomic E-state index is 10.6. The molecule has 0 saturated carbocycles. The zero-order valence-electron chi connectivity index (χ0n) is 15.1. The van der Waals surface area contributed by atoms with Gasteiger partial charge in [0.25, 0.3) is 0 Å². The minimum atomic E-state index is -1.59. The Morgan fingerprint density at radius 2 is 1.46 bits per heavy atom. The minimum Gasteiger partial charge on any atom is -0.394 e. The number of ether oxygens (including phenoxy) is 3. The van der Waals surface area contributed by atoms with Crippen molar-refractivity contribution in [2.24, 2.45) is 5.41 Å². The van der Waals surface area contributed by atoms with Crippen molar-refractivity contribution in [1.82, 2.24) is 0 Å². The summed E-state index contributed by atoms with van der Waals surface area (Å²) in [5, 5.41) is 69.3. The lowest BCUT2D eigenvalue weighted by Crippen LogP contribution is -2.67. The highest BCUT2D eigenvalue weighted by Crippen LogP contribution is 2.42. The molecule has 0 radical (unpaired) electrons. The fourth-order valence-electron chi connectivity index (χ4n) is 3.39. The van der Waals surface area contributed by atoms with E-state index in [2.05, 4.69) is 0 Å². The van der Waals surface area contributed by atoms with Crippen molar-refractivity contribution in [2.45, 2.75) is 75.4 Å².